The molecule has 0 spiro atoms. The number of aliphatic hydroxyl groups is 1. The van der Waals surface area contributed by atoms with Crippen LogP contribution in [0.3, 0.4) is 0 Å². The zero-order chi connectivity index (χ0) is 34.9. The summed E-state index contributed by atoms with van der Waals surface area (Å²) in [5.74, 6) is -0.780. The zero-order valence-corrected chi connectivity index (χ0v) is 29.4. The number of nitrogens with zero attached hydrogens (tertiary/aromatic N) is 2. The number of likely N-dealkylation sites (tertiary alicyclic amines) is 1. The minimum absolute atomic E-state index is 0.0926. The molecule has 0 radical (unpaired) electrons. The molecule has 1 aromatic heterocycles. The Morgan fingerprint density at radius 2 is 1.71 bits per heavy atom. The highest BCUT2D eigenvalue weighted by Gasteiger charge is 2.50. The smallest absolute Gasteiger partial charge is 0.411 e. The van der Waals surface area contributed by atoms with Gasteiger partial charge in [0.25, 0.3) is 0 Å². The summed E-state index contributed by atoms with van der Waals surface area (Å²) in [5.41, 5.74) is -1.45. The molecule has 2 fully saturated rings. The maximum Gasteiger partial charge on any atom is 0.411 e. The van der Waals surface area contributed by atoms with Gasteiger partial charge in [-0.25, -0.2) is 9.18 Å². The van der Waals surface area contributed by atoms with Crippen LogP contribution in [0.2, 0.25) is 0 Å². The van der Waals surface area contributed by atoms with Crippen molar-refractivity contribution in [2.24, 2.45) is 5.92 Å². The number of carbonyl (C=O) groups is 2. The van der Waals surface area contributed by atoms with E-state index in [1.165, 1.54) is 11.0 Å². The second-order valence-corrected chi connectivity index (χ2v) is 17.0. The summed E-state index contributed by atoms with van der Waals surface area (Å²) in [4.78, 5) is 32.8. The number of aromatic nitrogens is 1. The number of benzene rings is 2. The summed E-state index contributed by atoms with van der Waals surface area (Å²) < 4.78 is 37.8. The lowest BCUT2D eigenvalue weighted by Crippen LogP contribution is -2.52. The van der Waals surface area contributed by atoms with Crippen LogP contribution in [0.4, 0.5) is 14.9 Å². The standard InChI is InChI=1S/C37H47FN4O5S/c1-34(2,3)47-33(44)42-24-36(45,26-10-8-7-9-11-26)23-31(42)32(43)40-30-22-28(14-15-29(30)38)37(19-16-25-12-13-25,27-17-20-39-21-18-27)41-48(46)35(4,5)6/h7-11,14-15,17-18,20-22,25,31,41,45H,12-13,16,19,23-24H2,1-6H3,(H,40,43)/t31-,36-,37?,48?/m1/s1. The number of carbonyl (C=O) groups excluding carboxylic acids is 2. The Labute approximate surface area is 286 Å². The molecule has 3 N–H and O–H groups in total. The highest BCUT2D eigenvalue weighted by atomic mass is 32.2. The quantitative estimate of drug-likeness (QED) is 0.208. The van der Waals surface area contributed by atoms with Crippen molar-refractivity contribution in [2.45, 2.75) is 101 Å². The predicted octanol–water partition coefficient (Wildman–Crippen LogP) is 6.54. The van der Waals surface area contributed by atoms with E-state index in [0.717, 1.165) is 24.8 Å². The molecule has 11 heteroatoms. The lowest BCUT2D eigenvalue weighted by Gasteiger charge is -2.39. The minimum atomic E-state index is -1.53. The van der Waals surface area contributed by atoms with Crippen molar-refractivity contribution in [3.05, 3.63) is 95.6 Å². The van der Waals surface area contributed by atoms with Crippen LogP contribution >= 0.6 is 0 Å². The van der Waals surface area contributed by atoms with Gasteiger partial charge in [0.2, 0.25) is 5.91 Å². The van der Waals surface area contributed by atoms with Crippen LogP contribution in [-0.4, -0.2) is 54.5 Å². The van der Waals surface area contributed by atoms with Crippen molar-refractivity contribution in [2.75, 3.05) is 11.9 Å². The SMILES string of the molecule is CC(C)(C)OC(=O)N1C[C@@](O)(c2ccccc2)C[C@@H]1C(=O)Nc1cc(C(CCC2CC2)(N[S+]([O-])C(C)(C)C)c2ccncc2)ccc1F. The third-order valence-corrected chi connectivity index (χ3v) is 10.6. The maximum atomic E-state index is 15.6. The number of anilines is 1. The predicted molar refractivity (Wildman–Crippen MR) is 185 cm³/mol. The number of halogens is 1. The van der Waals surface area contributed by atoms with Gasteiger partial charge in [0.05, 0.1) is 12.2 Å². The molecule has 0 bridgehead atoms. The normalized spacial score (nSPS) is 21.8. The molecule has 1 aliphatic heterocycles. The highest BCUT2D eigenvalue weighted by Crippen LogP contribution is 2.43. The molecule has 3 aromatic rings. The molecule has 9 nitrogen and oxygen atoms in total. The minimum Gasteiger partial charge on any atom is -0.598 e. The summed E-state index contributed by atoms with van der Waals surface area (Å²) in [7, 11) is 0. The second-order valence-electron chi connectivity index (χ2n) is 15.0. The van der Waals surface area contributed by atoms with E-state index in [4.69, 9.17) is 4.74 Å². The van der Waals surface area contributed by atoms with E-state index in [1.54, 1.807) is 69.6 Å². The summed E-state index contributed by atoms with van der Waals surface area (Å²) in [5, 5.41) is 14.4. The van der Waals surface area contributed by atoms with Crippen molar-refractivity contribution < 1.29 is 28.4 Å². The van der Waals surface area contributed by atoms with Gasteiger partial charge in [0.1, 0.15) is 33.3 Å². The highest BCUT2D eigenvalue weighted by molar-refractivity contribution is 7.90. The lowest BCUT2D eigenvalue weighted by atomic mass is 9.79. The fourth-order valence-electron chi connectivity index (χ4n) is 6.09. The number of hydrogen-bond donors (Lipinski definition) is 3. The van der Waals surface area contributed by atoms with Crippen LogP contribution in [0, 0.1) is 11.7 Å². The van der Waals surface area contributed by atoms with E-state index < -0.39 is 56.7 Å². The van der Waals surface area contributed by atoms with Crippen LogP contribution in [0.25, 0.3) is 0 Å². The van der Waals surface area contributed by atoms with Crippen LogP contribution < -0.4 is 10.0 Å². The van der Waals surface area contributed by atoms with Gasteiger partial charge in [-0.15, -0.1) is 4.72 Å². The third-order valence-electron chi connectivity index (χ3n) is 8.92. The molecule has 2 heterocycles. The third kappa shape index (κ3) is 8.19. The van der Waals surface area contributed by atoms with Gasteiger partial charge in [-0.05, 0) is 101 Å². The molecule has 1 aliphatic carbocycles. The lowest BCUT2D eigenvalue weighted by molar-refractivity contribution is -0.120. The Morgan fingerprint density at radius 1 is 1.04 bits per heavy atom. The number of hydrogen-bond acceptors (Lipinski definition) is 7. The number of amides is 2. The number of rotatable bonds is 10. The van der Waals surface area contributed by atoms with E-state index in [-0.39, 0.29) is 18.7 Å². The zero-order valence-electron chi connectivity index (χ0n) is 28.6. The van der Waals surface area contributed by atoms with Gasteiger partial charge < -0.3 is 19.7 Å². The van der Waals surface area contributed by atoms with Gasteiger partial charge in [-0.1, -0.05) is 49.2 Å². The number of pyridine rings is 1. The average molecular weight is 679 g/mol. The van der Waals surface area contributed by atoms with Crippen molar-refractivity contribution in [3.8, 4) is 0 Å². The maximum absolute atomic E-state index is 15.6. The van der Waals surface area contributed by atoms with E-state index in [1.807, 2.05) is 39.0 Å². The molecular formula is C37H47FN4O5S. The summed E-state index contributed by atoms with van der Waals surface area (Å²) in [6, 6.07) is 15.9. The van der Waals surface area contributed by atoms with Gasteiger partial charge in [-0.3, -0.25) is 14.7 Å². The molecule has 48 heavy (non-hydrogen) atoms. The van der Waals surface area contributed by atoms with Crippen LogP contribution in [-0.2, 0) is 32.0 Å². The first-order valence-corrected chi connectivity index (χ1v) is 17.6. The van der Waals surface area contributed by atoms with E-state index in [2.05, 4.69) is 15.0 Å². The van der Waals surface area contributed by atoms with Crippen LogP contribution in [0.1, 0.15) is 90.3 Å². The van der Waals surface area contributed by atoms with Gasteiger partial charge in [0, 0.05) is 30.2 Å². The van der Waals surface area contributed by atoms with Crippen LogP contribution in [0.5, 0.6) is 0 Å². The average Bonchev–Trinajstić information content (AvgIpc) is 3.79. The fraction of sp³-hybridized carbons (Fsp3) is 0.486. The fourth-order valence-corrected chi connectivity index (χ4v) is 7.05. The Kier molecular flexibility index (Phi) is 10.3. The molecule has 2 aliphatic rings. The van der Waals surface area contributed by atoms with Gasteiger partial charge in [0.15, 0.2) is 0 Å². The molecule has 1 saturated carbocycles. The monoisotopic (exact) mass is 678 g/mol. The Hall–Kier alpha value is -3.51. The van der Waals surface area contributed by atoms with Crippen molar-refractivity contribution in [1.29, 1.82) is 0 Å². The molecule has 2 aromatic carbocycles. The van der Waals surface area contributed by atoms with E-state index >= 15 is 4.39 Å². The molecule has 2 unspecified atom stereocenters. The summed E-state index contributed by atoms with van der Waals surface area (Å²) >= 11 is -1.51. The molecule has 1 saturated heterocycles. The molecule has 2 amide bonds. The topological polar surface area (TPSA) is 127 Å². The van der Waals surface area contributed by atoms with Crippen molar-refractivity contribution >= 4 is 29.0 Å². The Morgan fingerprint density at radius 3 is 2.31 bits per heavy atom. The summed E-state index contributed by atoms with van der Waals surface area (Å²) in [6.07, 6.45) is 6.19. The Balaban J connectivity index is 1.52. The second kappa shape index (κ2) is 13.8. The molecule has 258 valence electrons. The number of nitrogens with one attached hydrogen (secondary N) is 2. The molecule has 5 rings (SSSR count). The van der Waals surface area contributed by atoms with Gasteiger partial charge in [-0.2, -0.15) is 0 Å². The number of ether oxygens (including phenoxy) is 1. The number of β-amino-alcohol motifs (C(OH)–C–C–N with tert-alkyl or cyclic N) is 1. The van der Waals surface area contributed by atoms with E-state index in [0.29, 0.717) is 23.5 Å². The molecular weight excluding hydrogens is 631 g/mol. The Bertz CT molecular complexity index is 1590. The van der Waals surface area contributed by atoms with Crippen molar-refractivity contribution in [1.82, 2.24) is 14.6 Å². The first kappa shape index (κ1) is 35.8. The van der Waals surface area contributed by atoms with Gasteiger partial charge >= 0.3 is 6.09 Å². The van der Waals surface area contributed by atoms with E-state index in [9.17, 15) is 19.2 Å². The first-order chi connectivity index (χ1) is 22.5. The molecule has 4 atom stereocenters. The van der Waals surface area contributed by atoms with Crippen molar-refractivity contribution in [3.63, 3.8) is 0 Å². The summed E-state index contributed by atoms with van der Waals surface area (Å²) in [6.45, 7) is 10.6. The van der Waals surface area contributed by atoms with Crippen LogP contribution in [0.15, 0.2) is 73.1 Å². The largest absolute Gasteiger partial charge is 0.598 e. The first-order valence-electron chi connectivity index (χ1n) is 16.5.